The Morgan fingerprint density at radius 1 is 1.05 bits per heavy atom. The van der Waals surface area contributed by atoms with Gasteiger partial charge in [0.1, 0.15) is 0 Å². The van der Waals surface area contributed by atoms with E-state index in [2.05, 4.69) is 34.1 Å². The molecule has 0 radical (unpaired) electrons. The number of nitrogens with zero attached hydrogens (tertiary/aromatic N) is 1. The van der Waals surface area contributed by atoms with Crippen LogP contribution in [0.4, 0.5) is 0 Å². The highest BCUT2D eigenvalue weighted by molar-refractivity contribution is 9.10. The molecule has 0 spiro atoms. The number of benzene rings is 2. The standard InChI is InChI=1S/C16H14BrNO/c17-15-7-3-6-13(10-15)16(19)18-9-8-12-4-1-2-5-14(12)11-18/h1-7,10H,8-9,11H2. The first-order valence-electron chi connectivity index (χ1n) is 6.35. The van der Waals surface area contributed by atoms with E-state index in [1.165, 1.54) is 11.1 Å². The summed E-state index contributed by atoms with van der Waals surface area (Å²) < 4.78 is 0.941. The monoisotopic (exact) mass is 315 g/mol. The molecule has 0 aromatic heterocycles. The van der Waals surface area contributed by atoms with Crippen molar-refractivity contribution < 1.29 is 4.79 Å². The summed E-state index contributed by atoms with van der Waals surface area (Å²) in [5.41, 5.74) is 3.37. The molecule has 0 N–H and O–H groups in total. The first kappa shape index (κ1) is 12.4. The summed E-state index contributed by atoms with van der Waals surface area (Å²) in [6.07, 6.45) is 0.940. The lowest BCUT2D eigenvalue weighted by molar-refractivity contribution is 0.0734. The van der Waals surface area contributed by atoms with Crippen molar-refractivity contribution in [1.29, 1.82) is 0 Å². The molecule has 3 rings (SSSR count). The lowest BCUT2D eigenvalue weighted by atomic mass is 9.99. The number of hydrogen-bond acceptors (Lipinski definition) is 1. The molecule has 0 saturated heterocycles. The van der Waals surface area contributed by atoms with Crippen molar-refractivity contribution in [2.45, 2.75) is 13.0 Å². The SMILES string of the molecule is O=C(c1cccc(Br)c1)N1CCc2ccccc2C1. The van der Waals surface area contributed by atoms with Crippen molar-refractivity contribution in [3.05, 3.63) is 69.7 Å². The molecule has 0 unspecified atom stereocenters. The number of fused-ring (bicyclic) bond motifs is 1. The molecule has 0 fully saturated rings. The third-order valence-corrected chi connectivity index (χ3v) is 3.98. The Morgan fingerprint density at radius 3 is 2.63 bits per heavy atom. The van der Waals surface area contributed by atoms with Crippen molar-refractivity contribution >= 4 is 21.8 Å². The number of carbonyl (C=O) groups excluding carboxylic acids is 1. The quantitative estimate of drug-likeness (QED) is 0.786. The molecule has 0 saturated carbocycles. The number of carbonyl (C=O) groups is 1. The second kappa shape index (κ2) is 5.17. The van der Waals surface area contributed by atoms with Crippen molar-refractivity contribution in [3.63, 3.8) is 0 Å². The van der Waals surface area contributed by atoms with E-state index in [9.17, 15) is 4.79 Å². The summed E-state index contributed by atoms with van der Waals surface area (Å²) in [6, 6.07) is 15.9. The molecule has 2 aromatic rings. The summed E-state index contributed by atoms with van der Waals surface area (Å²) >= 11 is 3.41. The molecule has 0 bridgehead atoms. The van der Waals surface area contributed by atoms with Gasteiger partial charge in [0.15, 0.2) is 0 Å². The number of rotatable bonds is 1. The Bertz CT molecular complexity index is 624. The van der Waals surface area contributed by atoms with Gasteiger partial charge in [-0.05, 0) is 35.7 Å². The molecule has 2 aromatic carbocycles. The Morgan fingerprint density at radius 2 is 1.84 bits per heavy atom. The molecule has 3 heteroatoms. The summed E-state index contributed by atoms with van der Waals surface area (Å²) in [4.78, 5) is 14.4. The molecule has 1 heterocycles. The van der Waals surface area contributed by atoms with Gasteiger partial charge in [0, 0.05) is 23.1 Å². The van der Waals surface area contributed by atoms with Gasteiger partial charge < -0.3 is 4.90 Å². The molecule has 19 heavy (non-hydrogen) atoms. The van der Waals surface area contributed by atoms with Crippen LogP contribution in [0.3, 0.4) is 0 Å². The fraction of sp³-hybridized carbons (Fsp3) is 0.188. The second-order valence-corrected chi connectivity index (χ2v) is 5.67. The Balaban J connectivity index is 1.83. The smallest absolute Gasteiger partial charge is 0.254 e. The Labute approximate surface area is 121 Å². The van der Waals surface area contributed by atoms with E-state index in [0.717, 1.165) is 23.0 Å². The molecule has 96 valence electrons. The molecule has 0 aliphatic carbocycles. The van der Waals surface area contributed by atoms with Crippen LogP contribution < -0.4 is 0 Å². The van der Waals surface area contributed by atoms with E-state index in [4.69, 9.17) is 0 Å². The minimum Gasteiger partial charge on any atom is -0.334 e. The van der Waals surface area contributed by atoms with Gasteiger partial charge in [-0.25, -0.2) is 0 Å². The maximum absolute atomic E-state index is 12.5. The van der Waals surface area contributed by atoms with Gasteiger partial charge in [0.25, 0.3) is 5.91 Å². The highest BCUT2D eigenvalue weighted by Gasteiger charge is 2.21. The summed E-state index contributed by atoms with van der Waals surface area (Å²) in [5.74, 6) is 0.107. The highest BCUT2D eigenvalue weighted by Crippen LogP contribution is 2.21. The third-order valence-electron chi connectivity index (χ3n) is 3.49. The van der Waals surface area contributed by atoms with E-state index < -0.39 is 0 Å². The van der Waals surface area contributed by atoms with Crippen LogP contribution in [0.1, 0.15) is 21.5 Å². The van der Waals surface area contributed by atoms with Gasteiger partial charge >= 0.3 is 0 Å². The zero-order valence-corrected chi connectivity index (χ0v) is 12.1. The Hall–Kier alpha value is -1.61. The third kappa shape index (κ3) is 2.56. The zero-order chi connectivity index (χ0) is 13.2. The Kier molecular flexibility index (Phi) is 3.38. The minimum absolute atomic E-state index is 0.107. The van der Waals surface area contributed by atoms with Crippen LogP contribution in [0, 0.1) is 0 Å². The summed E-state index contributed by atoms with van der Waals surface area (Å²) in [5, 5.41) is 0. The van der Waals surface area contributed by atoms with Gasteiger partial charge in [0.2, 0.25) is 0 Å². The predicted molar refractivity (Wildman–Crippen MR) is 79.0 cm³/mol. The van der Waals surface area contributed by atoms with E-state index >= 15 is 0 Å². The van der Waals surface area contributed by atoms with Crippen LogP contribution in [0.2, 0.25) is 0 Å². The fourth-order valence-electron chi connectivity index (χ4n) is 2.47. The van der Waals surface area contributed by atoms with Gasteiger partial charge in [0.05, 0.1) is 0 Å². The van der Waals surface area contributed by atoms with Crippen molar-refractivity contribution in [3.8, 4) is 0 Å². The van der Waals surface area contributed by atoms with Crippen LogP contribution in [-0.4, -0.2) is 17.4 Å². The van der Waals surface area contributed by atoms with Gasteiger partial charge in [-0.3, -0.25) is 4.79 Å². The maximum Gasteiger partial charge on any atom is 0.254 e. The number of halogens is 1. The summed E-state index contributed by atoms with van der Waals surface area (Å²) in [7, 11) is 0. The lowest BCUT2D eigenvalue weighted by Gasteiger charge is -2.29. The first-order valence-corrected chi connectivity index (χ1v) is 7.15. The van der Waals surface area contributed by atoms with Gasteiger partial charge in [-0.2, -0.15) is 0 Å². The van der Waals surface area contributed by atoms with Crippen molar-refractivity contribution in [2.75, 3.05) is 6.54 Å². The molecule has 1 aliphatic heterocycles. The van der Waals surface area contributed by atoms with E-state index in [1.54, 1.807) is 0 Å². The largest absolute Gasteiger partial charge is 0.334 e. The maximum atomic E-state index is 12.5. The number of hydrogen-bond donors (Lipinski definition) is 0. The average Bonchev–Trinajstić information content (AvgIpc) is 2.46. The van der Waals surface area contributed by atoms with Gasteiger partial charge in [-0.15, -0.1) is 0 Å². The van der Waals surface area contributed by atoms with Crippen LogP contribution in [0.15, 0.2) is 53.0 Å². The minimum atomic E-state index is 0.107. The molecule has 1 amide bonds. The second-order valence-electron chi connectivity index (χ2n) is 4.76. The zero-order valence-electron chi connectivity index (χ0n) is 10.5. The molecular formula is C16H14BrNO. The van der Waals surface area contributed by atoms with Crippen LogP contribution in [0.25, 0.3) is 0 Å². The van der Waals surface area contributed by atoms with Crippen LogP contribution >= 0.6 is 15.9 Å². The fourth-order valence-corrected chi connectivity index (χ4v) is 2.87. The normalized spacial score (nSPS) is 14.1. The van der Waals surface area contributed by atoms with Gasteiger partial charge in [-0.1, -0.05) is 46.3 Å². The molecule has 0 atom stereocenters. The van der Waals surface area contributed by atoms with E-state index in [-0.39, 0.29) is 5.91 Å². The average molecular weight is 316 g/mol. The van der Waals surface area contributed by atoms with E-state index in [0.29, 0.717) is 6.54 Å². The predicted octanol–water partition coefficient (Wildman–Crippen LogP) is 3.65. The topological polar surface area (TPSA) is 20.3 Å². The van der Waals surface area contributed by atoms with Crippen LogP contribution in [-0.2, 0) is 13.0 Å². The van der Waals surface area contributed by atoms with Crippen LogP contribution in [0.5, 0.6) is 0 Å². The summed E-state index contributed by atoms with van der Waals surface area (Å²) in [6.45, 7) is 1.50. The van der Waals surface area contributed by atoms with E-state index in [1.807, 2.05) is 35.2 Å². The molecule has 1 aliphatic rings. The van der Waals surface area contributed by atoms with Crippen molar-refractivity contribution in [1.82, 2.24) is 4.90 Å². The molecular weight excluding hydrogens is 302 g/mol. The number of amides is 1. The lowest BCUT2D eigenvalue weighted by Crippen LogP contribution is -2.35. The molecule has 2 nitrogen and oxygen atoms in total. The highest BCUT2D eigenvalue weighted by atomic mass is 79.9. The first-order chi connectivity index (χ1) is 9.24. The van der Waals surface area contributed by atoms with Crippen molar-refractivity contribution in [2.24, 2.45) is 0 Å².